The summed E-state index contributed by atoms with van der Waals surface area (Å²) in [5, 5.41) is 42.8. The topological polar surface area (TPSA) is 331 Å². The van der Waals surface area contributed by atoms with Crippen molar-refractivity contribution in [1.82, 2.24) is 135 Å². The summed E-state index contributed by atoms with van der Waals surface area (Å²) in [5.41, 5.74) is 4.31. The molecule has 0 amide bonds. The van der Waals surface area contributed by atoms with Crippen molar-refractivity contribution in [2.75, 3.05) is 0 Å². The van der Waals surface area contributed by atoms with Gasteiger partial charge in [-0.25, -0.2) is 15.0 Å². The van der Waals surface area contributed by atoms with Gasteiger partial charge < -0.3 is 74.2 Å². The summed E-state index contributed by atoms with van der Waals surface area (Å²) in [5.74, 6) is 1.90. The van der Waals surface area contributed by atoms with E-state index in [0.717, 1.165) is 34.0 Å². The minimum atomic E-state index is -4.59. The summed E-state index contributed by atoms with van der Waals surface area (Å²) in [6.45, 7) is 27.6. The smallest absolute Gasteiger partial charge is 0.420 e. The molecule has 103 heavy (non-hydrogen) atoms. The molecule has 13 rings (SSSR count). The molecule has 0 atom stereocenters. The first-order chi connectivity index (χ1) is 46.8. The number of aryl methyl sites for hydroxylation is 4. The Hall–Kier alpha value is -9.43. The third kappa shape index (κ3) is 23.3. The number of hydrogen-bond acceptors (Lipinski definition) is 18. The molecule has 550 valence electrons. The number of rotatable bonds is 8. The molecule has 0 aliphatic rings. The molecule has 0 saturated heterocycles. The first-order valence-corrected chi connectivity index (χ1v) is 30.2. The maximum atomic E-state index is 12.4. The van der Waals surface area contributed by atoms with Crippen LogP contribution in [0.5, 0.6) is 0 Å². The molecule has 39 heteroatoms. The molecule has 0 aliphatic heterocycles. The number of nitrogens with zero attached hydrogens (tertiary/aromatic N) is 27. The number of pyridine rings is 3. The van der Waals surface area contributed by atoms with Crippen molar-refractivity contribution in [3.8, 4) is 75.2 Å². The van der Waals surface area contributed by atoms with Crippen molar-refractivity contribution in [2.45, 2.75) is 138 Å². The van der Waals surface area contributed by atoms with Gasteiger partial charge in [0.15, 0.2) is 0 Å². The number of hydrogen-bond donors (Lipinski definition) is 0. The van der Waals surface area contributed by atoms with Crippen LogP contribution in [-0.4, -0.2) is 104 Å². The molecule has 0 unspecified atom stereocenters. The molecule has 27 nitrogen and oxygen atoms in total. The minimum absolute atomic E-state index is 0. The predicted molar refractivity (Wildman–Crippen MR) is 343 cm³/mol. The van der Waals surface area contributed by atoms with Crippen molar-refractivity contribution in [1.29, 1.82) is 0 Å². The van der Waals surface area contributed by atoms with Crippen LogP contribution in [0.1, 0.15) is 134 Å². The normalized spacial score (nSPS) is 11.5. The standard InChI is InChI=1S/3C12H12F3N4.C12H10N5.C9H12N5.C7H8N5.3Pt/c3*1-11(2,3)7-4-5-16-8(6-7)9-17-10(19-18-9)12(13,14)15;1-9-14-11(16-15-9)12-13-7-8-17(12)10-5-3-2-4-6-10;1-6(2)14-5-4-10-9(14)8-11-7(3)12-13-8;1-5-9-6(11-10-5)7-8-3-4-12(7)2;;;/h3*4-6H,1-3H3;2-8H,1H3;4-6H,1-3H3;3-4H,1-2H3;;;/q6*-1;3*+2. The van der Waals surface area contributed by atoms with E-state index in [0.29, 0.717) is 46.8 Å². The van der Waals surface area contributed by atoms with Gasteiger partial charge in [-0.2, -0.15) is 39.5 Å². The molecule has 12 heterocycles. The van der Waals surface area contributed by atoms with Crippen molar-refractivity contribution in [2.24, 2.45) is 7.05 Å². The molecule has 0 fully saturated rings. The van der Waals surface area contributed by atoms with Crippen molar-refractivity contribution in [3.63, 3.8) is 0 Å². The molecule has 13 aromatic rings. The fourth-order valence-corrected chi connectivity index (χ4v) is 8.45. The third-order valence-corrected chi connectivity index (χ3v) is 13.7. The van der Waals surface area contributed by atoms with Crippen LogP contribution in [-0.2, 0) is 105 Å². The summed E-state index contributed by atoms with van der Waals surface area (Å²) < 4.78 is 117. The predicted octanol–water partition coefficient (Wildman–Crippen LogP) is 11.4. The van der Waals surface area contributed by atoms with Gasteiger partial charge in [0.1, 0.15) is 34.9 Å². The van der Waals surface area contributed by atoms with E-state index in [-0.39, 0.29) is 114 Å². The minimum Gasteiger partial charge on any atom is -0.420 e. The van der Waals surface area contributed by atoms with Gasteiger partial charge in [-0.15, -0.1) is 0 Å². The second kappa shape index (κ2) is 35.2. The summed E-state index contributed by atoms with van der Waals surface area (Å²) in [4.78, 5) is 47.2. The Morgan fingerprint density at radius 1 is 0.359 bits per heavy atom. The molecule has 0 N–H and O–H groups in total. The first-order valence-electron chi connectivity index (χ1n) is 30.2. The van der Waals surface area contributed by atoms with Gasteiger partial charge in [-0.3, -0.25) is 45.5 Å². The van der Waals surface area contributed by atoms with Gasteiger partial charge >= 0.3 is 81.7 Å². The van der Waals surface area contributed by atoms with Crippen LogP contribution in [0.3, 0.4) is 0 Å². The number of alkyl halides is 9. The van der Waals surface area contributed by atoms with Crippen LogP contribution in [0, 0.1) is 20.8 Å². The van der Waals surface area contributed by atoms with Gasteiger partial charge in [-0.05, 0) is 134 Å². The number of imidazole rings is 3. The summed E-state index contributed by atoms with van der Waals surface area (Å²) in [6.07, 6.45) is 1.66. The fourth-order valence-electron chi connectivity index (χ4n) is 8.45. The Morgan fingerprint density at radius 3 is 0.990 bits per heavy atom. The Balaban J connectivity index is 0.000000222. The monoisotopic (exact) mass is 1970 g/mol. The summed E-state index contributed by atoms with van der Waals surface area (Å²) in [6, 6.07) is 20.8. The van der Waals surface area contributed by atoms with E-state index in [1.807, 2.05) is 164 Å². The number of benzene rings is 1. The zero-order valence-corrected chi connectivity index (χ0v) is 64.4. The fraction of sp³-hybridized carbons (Fsp3) is 0.344. The summed E-state index contributed by atoms with van der Waals surface area (Å²) in [7, 11) is 1.90. The second-order valence-electron chi connectivity index (χ2n) is 25.0. The maximum Gasteiger partial charge on any atom is 2.00 e. The molecule has 0 aliphatic carbocycles. The van der Waals surface area contributed by atoms with Crippen molar-refractivity contribution >= 4 is 0 Å². The first kappa shape index (κ1) is 84.2. The van der Waals surface area contributed by atoms with Crippen LogP contribution >= 0.6 is 0 Å². The van der Waals surface area contributed by atoms with E-state index >= 15 is 0 Å². The van der Waals surface area contributed by atoms with Crippen LogP contribution in [0.4, 0.5) is 39.5 Å². The van der Waals surface area contributed by atoms with Gasteiger partial charge in [0.05, 0.1) is 17.1 Å². The van der Waals surface area contributed by atoms with E-state index in [4.69, 9.17) is 0 Å². The number of para-hydroxylation sites is 1. The van der Waals surface area contributed by atoms with Crippen LogP contribution in [0.15, 0.2) is 123 Å². The van der Waals surface area contributed by atoms with Crippen molar-refractivity contribution < 1.29 is 103 Å². The molecule has 12 aromatic heterocycles. The molecule has 0 bridgehead atoms. The van der Waals surface area contributed by atoms with Gasteiger partial charge in [-0.1, -0.05) is 80.5 Å². The van der Waals surface area contributed by atoms with E-state index in [1.54, 1.807) is 43.7 Å². The SMILES string of the molecule is CC(C)(C)c1ccnc(-c2nc(C(F)(F)F)n[n-]2)c1.CC(C)(C)c1ccnc(-c2nc(C(F)(F)F)n[n-]2)c1.CC(C)(C)c1ccnc(-c2nc(C(F)(F)F)n[n-]2)c1.Cc1n[n-]c(-c2nccn2-c2ccccc2)n1.Cc1n[n-]c(-c2nccn2C(C)C)n1.Cc1n[n-]c(-c2nccn2C)n1.[Pt+2].[Pt+2].[Pt+2]. The zero-order valence-electron chi connectivity index (χ0n) is 57.5. The van der Waals surface area contributed by atoms with Crippen LogP contribution in [0.25, 0.3) is 75.2 Å². The van der Waals surface area contributed by atoms with E-state index in [1.165, 1.54) is 18.6 Å². The molecular weight excluding hydrogens is 1900 g/mol. The van der Waals surface area contributed by atoms with Crippen LogP contribution < -0.4 is 30.6 Å². The van der Waals surface area contributed by atoms with Crippen molar-refractivity contribution in [3.05, 3.63) is 174 Å². The van der Waals surface area contributed by atoms with E-state index in [2.05, 4.69) is 135 Å². The molecule has 0 spiro atoms. The van der Waals surface area contributed by atoms with Crippen LogP contribution in [0.2, 0.25) is 0 Å². The quantitative estimate of drug-likeness (QED) is 0.128. The average Bonchev–Trinajstić information content (AvgIpc) is 1.78. The van der Waals surface area contributed by atoms with Gasteiger partial charge in [0.2, 0.25) is 0 Å². The number of aromatic nitrogens is 27. The molecular formula is C64H66F9N27Pt3. The van der Waals surface area contributed by atoms with Gasteiger partial charge in [0, 0.05) is 109 Å². The third-order valence-electron chi connectivity index (χ3n) is 13.7. The molecule has 0 saturated carbocycles. The van der Waals surface area contributed by atoms with E-state index < -0.39 is 36.0 Å². The number of halogens is 9. The Labute approximate surface area is 627 Å². The maximum absolute atomic E-state index is 12.4. The average molecular weight is 1970 g/mol. The summed E-state index contributed by atoms with van der Waals surface area (Å²) >= 11 is 0. The Kier molecular flexibility index (Phi) is 28.8. The Bertz CT molecular complexity index is 4470. The van der Waals surface area contributed by atoms with E-state index in [9.17, 15) is 39.5 Å². The largest absolute Gasteiger partial charge is 2.00 e. The zero-order chi connectivity index (χ0) is 73.1. The molecule has 0 radical (unpaired) electrons. The van der Waals surface area contributed by atoms with Gasteiger partial charge in [0.25, 0.3) is 0 Å². The Morgan fingerprint density at radius 2 is 0.680 bits per heavy atom. The molecule has 1 aromatic carbocycles. The second-order valence-corrected chi connectivity index (χ2v) is 25.0.